The first-order valence-electron chi connectivity index (χ1n) is 2.00. The predicted octanol–water partition coefficient (Wildman–Crippen LogP) is -0.280. The lowest BCUT2D eigenvalue weighted by Crippen LogP contribution is -2.08. The summed E-state index contributed by atoms with van der Waals surface area (Å²) in [5.74, 6) is -0.225. The molecule has 0 fully saturated rings. The van der Waals surface area contributed by atoms with Crippen molar-refractivity contribution in [2.24, 2.45) is 4.99 Å². The van der Waals surface area contributed by atoms with Crippen LogP contribution in [0.1, 0.15) is 0 Å². The van der Waals surface area contributed by atoms with E-state index in [0.29, 0.717) is 0 Å². The standard InChI is InChI=1S/C4H4N2O2/c7-3-1-2-5-4(8)6-3/h1-2H,(H2,6,7,8)/q+1. The van der Waals surface area contributed by atoms with E-state index in [9.17, 15) is 0 Å². The zero-order chi connectivity index (χ0) is 5.98. The molecule has 0 aromatic carbocycles. The minimum absolute atomic E-state index is 0.225. The summed E-state index contributed by atoms with van der Waals surface area (Å²) in [4.78, 5) is 6.50. The summed E-state index contributed by atoms with van der Waals surface area (Å²) in [7, 11) is 0. The van der Waals surface area contributed by atoms with Gasteiger partial charge in [0.05, 0.1) is 6.08 Å². The van der Waals surface area contributed by atoms with Gasteiger partial charge in [-0.3, -0.25) is 0 Å². The molecule has 1 heterocycles. The molecule has 0 saturated carbocycles. The summed E-state index contributed by atoms with van der Waals surface area (Å²) in [6.45, 7) is 0. The van der Waals surface area contributed by atoms with Crippen LogP contribution in [0.25, 0.3) is 0 Å². The first-order chi connectivity index (χ1) is 3.79. The maximum absolute atomic E-state index is 8.50. The maximum Gasteiger partial charge on any atom is 0.541 e. The van der Waals surface area contributed by atoms with Gasteiger partial charge < -0.3 is 10.2 Å². The molecule has 0 saturated heterocycles. The molecule has 0 unspecified atom stereocenters. The molecular formula is C4H4N2O2+. The second kappa shape index (κ2) is 1.65. The smallest absolute Gasteiger partial charge is 0.475 e. The monoisotopic (exact) mass is 112 g/mol. The van der Waals surface area contributed by atoms with Crippen molar-refractivity contribution in [3.05, 3.63) is 12.3 Å². The number of nitrogens with zero attached hydrogens (tertiary/aromatic N) is 2. The lowest BCUT2D eigenvalue weighted by atomic mass is 10.6. The third-order valence-electron chi connectivity index (χ3n) is 0.628. The van der Waals surface area contributed by atoms with E-state index in [-0.39, 0.29) is 5.90 Å². The Bertz CT molecular complexity index is 178. The van der Waals surface area contributed by atoms with E-state index >= 15 is 0 Å². The molecule has 0 spiro atoms. The SMILES string of the molecule is OC1=NC(O)=[N+]C=C1. The van der Waals surface area contributed by atoms with E-state index in [0.717, 1.165) is 0 Å². The second-order valence-corrected chi connectivity index (χ2v) is 1.21. The van der Waals surface area contributed by atoms with Gasteiger partial charge in [0.1, 0.15) is 0 Å². The van der Waals surface area contributed by atoms with Gasteiger partial charge in [0, 0.05) is 4.99 Å². The van der Waals surface area contributed by atoms with Crippen LogP contribution in [0.15, 0.2) is 17.3 Å². The van der Waals surface area contributed by atoms with Gasteiger partial charge in [0.15, 0.2) is 6.20 Å². The zero-order valence-corrected chi connectivity index (χ0v) is 3.94. The van der Waals surface area contributed by atoms with Crippen molar-refractivity contribution >= 4 is 11.9 Å². The molecule has 0 bridgehead atoms. The number of aliphatic imine (C=N–C) groups is 2. The van der Waals surface area contributed by atoms with Gasteiger partial charge in [-0.1, -0.05) is 0 Å². The van der Waals surface area contributed by atoms with Crippen molar-refractivity contribution in [3.8, 4) is 0 Å². The summed E-state index contributed by atoms with van der Waals surface area (Å²) in [5, 5.41) is 16.9. The summed E-state index contributed by atoms with van der Waals surface area (Å²) in [5.41, 5.74) is 0. The summed E-state index contributed by atoms with van der Waals surface area (Å²) in [6, 6.07) is -0.412. The van der Waals surface area contributed by atoms with Gasteiger partial charge in [-0.25, -0.2) is 0 Å². The number of aliphatic hydroxyl groups excluding tert-OH is 2. The summed E-state index contributed by atoms with van der Waals surface area (Å²) >= 11 is 0. The highest BCUT2D eigenvalue weighted by Gasteiger charge is 2.10. The van der Waals surface area contributed by atoms with Crippen LogP contribution in [-0.2, 0) is 0 Å². The minimum Gasteiger partial charge on any atom is -0.475 e. The Labute approximate surface area is 45.5 Å². The summed E-state index contributed by atoms with van der Waals surface area (Å²) < 4.78 is 0. The first kappa shape index (κ1) is 4.83. The molecule has 0 aromatic heterocycles. The average molecular weight is 112 g/mol. The lowest BCUT2D eigenvalue weighted by molar-refractivity contribution is 0.520. The van der Waals surface area contributed by atoms with E-state index < -0.39 is 6.02 Å². The highest BCUT2D eigenvalue weighted by Crippen LogP contribution is 1.81. The molecule has 1 radical (unpaired) electrons. The first-order valence-corrected chi connectivity index (χ1v) is 2.00. The summed E-state index contributed by atoms with van der Waals surface area (Å²) in [6.07, 6.45) is 2.54. The van der Waals surface area contributed by atoms with Crippen LogP contribution >= 0.6 is 0 Å². The van der Waals surface area contributed by atoms with E-state index in [1.165, 1.54) is 12.3 Å². The van der Waals surface area contributed by atoms with E-state index in [2.05, 4.69) is 9.98 Å². The van der Waals surface area contributed by atoms with Crippen LogP contribution in [0, 0.1) is 0 Å². The lowest BCUT2D eigenvalue weighted by Gasteiger charge is -1.79. The van der Waals surface area contributed by atoms with Gasteiger partial charge in [-0.05, 0) is 4.99 Å². The fourth-order valence-electron chi connectivity index (χ4n) is 0.339. The van der Waals surface area contributed by atoms with Crippen molar-refractivity contribution < 1.29 is 10.2 Å². The molecule has 0 aliphatic carbocycles. The van der Waals surface area contributed by atoms with Crippen molar-refractivity contribution in [2.75, 3.05) is 0 Å². The molecule has 2 N–H and O–H groups in total. The Morgan fingerprint density at radius 3 is 2.62 bits per heavy atom. The van der Waals surface area contributed by atoms with E-state index in [1.807, 2.05) is 0 Å². The number of hydrogen-bond donors (Lipinski definition) is 2. The normalized spacial score (nSPS) is 17.5. The molecule has 0 atom stereocenters. The Morgan fingerprint density at radius 2 is 2.25 bits per heavy atom. The zero-order valence-electron chi connectivity index (χ0n) is 3.94. The molecule has 0 amide bonds. The van der Waals surface area contributed by atoms with Gasteiger partial charge in [0.25, 0.3) is 0 Å². The van der Waals surface area contributed by atoms with Crippen molar-refractivity contribution in [1.29, 1.82) is 0 Å². The fraction of sp³-hybridized carbons (Fsp3) is 0. The Balaban J connectivity index is 2.89. The van der Waals surface area contributed by atoms with E-state index in [4.69, 9.17) is 10.2 Å². The third-order valence-corrected chi connectivity index (χ3v) is 0.628. The largest absolute Gasteiger partial charge is 0.541 e. The number of hydrogen-bond acceptors (Lipinski definition) is 2. The van der Waals surface area contributed by atoms with Crippen LogP contribution in [0.4, 0.5) is 0 Å². The molecule has 1 aliphatic rings. The average Bonchev–Trinajstić information content (AvgIpc) is 1.64. The predicted molar refractivity (Wildman–Crippen MR) is 29.0 cm³/mol. The topological polar surface area (TPSA) is 66.9 Å². The number of rotatable bonds is 0. The highest BCUT2D eigenvalue weighted by atomic mass is 16.3. The van der Waals surface area contributed by atoms with Crippen molar-refractivity contribution in [2.45, 2.75) is 0 Å². The fourth-order valence-corrected chi connectivity index (χ4v) is 0.339. The molecule has 4 heteroatoms. The minimum atomic E-state index is -0.412. The van der Waals surface area contributed by atoms with Crippen molar-refractivity contribution in [1.82, 2.24) is 4.99 Å². The van der Waals surface area contributed by atoms with Crippen LogP contribution in [0.5, 0.6) is 0 Å². The molecule has 41 valence electrons. The molecule has 0 aromatic rings. The van der Waals surface area contributed by atoms with Gasteiger partial charge >= 0.3 is 11.9 Å². The Morgan fingerprint density at radius 1 is 1.50 bits per heavy atom. The Kier molecular flexibility index (Phi) is 0.997. The molecule has 1 aliphatic heterocycles. The second-order valence-electron chi connectivity index (χ2n) is 1.21. The van der Waals surface area contributed by atoms with E-state index in [1.54, 1.807) is 0 Å². The van der Waals surface area contributed by atoms with Gasteiger partial charge in [-0.2, -0.15) is 0 Å². The third kappa shape index (κ3) is 0.841. The maximum atomic E-state index is 8.50. The van der Waals surface area contributed by atoms with Gasteiger partial charge in [0.2, 0.25) is 0 Å². The van der Waals surface area contributed by atoms with Crippen LogP contribution in [0.2, 0.25) is 0 Å². The van der Waals surface area contributed by atoms with Crippen molar-refractivity contribution in [3.63, 3.8) is 0 Å². The number of amidine groups is 1. The Hall–Kier alpha value is -1.32. The van der Waals surface area contributed by atoms with Crippen LogP contribution < -0.4 is 4.99 Å². The molecule has 1 rings (SSSR count). The van der Waals surface area contributed by atoms with Gasteiger partial charge in [-0.15, -0.1) is 0 Å². The molecular weight excluding hydrogens is 108 g/mol. The molecule has 4 nitrogen and oxygen atoms in total. The van der Waals surface area contributed by atoms with Crippen LogP contribution in [0.3, 0.4) is 0 Å². The van der Waals surface area contributed by atoms with Crippen LogP contribution in [-0.4, -0.2) is 22.1 Å². The quantitative estimate of drug-likeness (QED) is 0.452. The molecule has 8 heavy (non-hydrogen) atoms. The highest BCUT2D eigenvalue weighted by molar-refractivity contribution is 5.96. The number of aliphatic hydroxyl groups is 2.